The third-order valence-corrected chi connectivity index (χ3v) is 1.91. The maximum absolute atomic E-state index is 11.2. The monoisotopic (exact) mass is 198 g/mol. The van der Waals surface area contributed by atoms with E-state index in [9.17, 15) is 9.59 Å². The molecule has 0 unspecified atom stereocenters. The Balaban J connectivity index is 0.00000169. The second kappa shape index (κ2) is 3.95. The van der Waals surface area contributed by atoms with Gasteiger partial charge in [-0.15, -0.1) is 0 Å². The molecule has 0 saturated carbocycles. The molecule has 3 heteroatoms. The van der Waals surface area contributed by atoms with Crippen LogP contribution in [0.15, 0.2) is 9.59 Å². The zero-order valence-corrected chi connectivity index (χ0v) is 8.43. The van der Waals surface area contributed by atoms with Gasteiger partial charge in [0.25, 0.3) is 5.43 Å². The Labute approximate surface area is 84.4 Å². The molecular weight excluding hydrogens is 180 g/mol. The third kappa shape index (κ3) is 1.86. The zero-order chi connectivity index (χ0) is 10.2. The van der Waals surface area contributed by atoms with E-state index in [0.29, 0.717) is 12.2 Å². The molecule has 0 aromatic heterocycles. The molecule has 0 aliphatic carbocycles. The van der Waals surface area contributed by atoms with Gasteiger partial charge in [-0.25, -0.2) is 0 Å². The van der Waals surface area contributed by atoms with Gasteiger partial charge >= 0.3 is 0 Å². The topological polar surface area (TPSA) is 43.4 Å². The molecule has 0 radical (unpaired) electrons. The molecule has 1 rings (SSSR count). The van der Waals surface area contributed by atoms with E-state index in [2.05, 4.69) is 0 Å². The quantitative estimate of drug-likeness (QED) is 0.678. The Morgan fingerprint density at radius 2 is 1.64 bits per heavy atom. The maximum atomic E-state index is 11.2. The van der Waals surface area contributed by atoms with Crippen molar-refractivity contribution in [2.24, 2.45) is 0 Å². The van der Waals surface area contributed by atoms with Crippen LogP contribution in [0.4, 0.5) is 0 Å². The minimum Gasteiger partial charge on any atom is -0.489 e. The van der Waals surface area contributed by atoms with Gasteiger partial charge in [0.05, 0.1) is 12.2 Å². The van der Waals surface area contributed by atoms with Crippen molar-refractivity contribution in [3.63, 3.8) is 0 Å². The van der Waals surface area contributed by atoms with Gasteiger partial charge in [-0.1, -0.05) is 28.2 Å². The maximum Gasteiger partial charge on any atom is 0.268 e. The molecule has 0 fully saturated rings. The van der Waals surface area contributed by atoms with Crippen molar-refractivity contribution in [2.75, 3.05) is 6.61 Å². The predicted octanol–water partition coefficient (Wildman–Crippen LogP) is 1.61. The van der Waals surface area contributed by atoms with E-state index in [4.69, 9.17) is 4.74 Å². The minimum atomic E-state index is -0.480. The zero-order valence-electron chi connectivity index (χ0n) is 8.43. The summed E-state index contributed by atoms with van der Waals surface area (Å²) >= 11 is 0. The molecule has 0 atom stereocenters. The van der Waals surface area contributed by atoms with Crippen LogP contribution in [0.2, 0.25) is 0 Å². The Morgan fingerprint density at radius 3 is 2.00 bits per heavy atom. The van der Waals surface area contributed by atoms with E-state index in [0.717, 1.165) is 0 Å². The summed E-state index contributed by atoms with van der Waals surface area (Å²) in [5.74, 6) is 0.264. The smallest absolute Gasteiger partial charge is 0.268 e. The highest BCUT2D eigenvalue weighted by atomic mass is 16.5. The molecule has 0 bridgehead atoms. The summed E-state index contributed by atoms with van der Waals surface area (Å²) in [6.07, 6.45) is 0. The average molecular weight is 198 g/mol. The van der Waals surface area contributed by atoms with Crippen LogP contribution in [0, 0.1) is 0 Å². The first-order valence-corrected chi connectivity index (χ1v) is 4.36. The van der Waals surface area contributed by atoms with Crippen molar-refractivity contribution < 1.29 is 4.74 Å². The molecule has 0 aliphatic heterocycles. The average Bonchev–Trinajstić information content (AvgIpc) is 2.01. The second-order valence-electron chi connectivity index (χ2n) is 4.05. The summed E-state index contributed by atoms with van der Waals surface area (Å²) in [4.78, 5) is 22.3. The third-order valence-electron chi connectivity index (χ3n) is 1.91. The lowest BCUT2D eigenvalue weighted by Crippen LogP contribution is -2.42. The molecule has 14 heavy (non-hydrogen) atoms. The molecule has 0 saturated heterocycles. The standard InChI is InChI=1S/C10H14O3.CH4/c1-5-13-9-6(10(2,3)4)7(11)8(9)12;/h5H2,1-4H3;1H4. The summed E-state index contributed by atoms with van der Waals surface area (Å²) in [6, 6.07) is 0. The number of hydrogen-bond acceptors (Lipinski definition) is 3. The summed E-state index contributed by atoms with van der Waals surface area (Å²) in [7, 11) is 0. The van der Waals surface area contributed by atoms with Crippen molar-refractivity contribution in [3.8, 4) is 5.75 Å². The van der Waals surface area contributed by atoms with E-state index in [1.54, 1.807) is 6.92 Å². The van der Waals surface area contributed by atoms with Crippen molar-refractivity contribution in [1.29, 1.82) is 0 Å². The Bertz CT molecular complexity index is 376. The normalized spacial score (nSPS) is 11.1. The predicted molar refractivity (Wildman–Crippen MR) is 58.0 cm³/mol. The van der Waals surface area contributed by atoms with Gasteiger partial charge in [-0.05, 0) is 12.3 Å². The fraction of sp³-hybridized carbons (Fsp3) is 0.636. The number of rotatable bonds is 2. The van der Waals surface area contributed by atoms with E-state index >= 15 is 0 Å². The Kier molecular flexibility index (Phi) is 3.63. The van der Waals surface area contributed by atoms with E-state index in [1.807, 2.05) is 20.8 Å². The van der Waals surface area contributed by atoms with Gasteiger partial charge in [-0.3, -0.25) is 9.59 Å². The molecule has 0 N–H and O–H groups in total. The molecule has 80 valence electrons. The van der Waals surface area contributed by atoms with Crippen LogP contribution in [0.1, 0.15) is 40.7 Å². The first kappa shape index (κ1) is 12.9. The highest BCUT2D eigenvalue weighted by molar-refractivity contribution is 5.44. The highest BCUT2D eigenvalue weighted by Gasteiger charge is 2.31. The van der Waals surface area contributed by atoms with Crippen LogP contribution >= 0.6 is 0 Å². The Hall–Kier alpha value is -1.12. The second-order valence-corrected chi connectivity index (χ2v) is 4.05. The van der Waals surface area contributed by atoms with Gasteiger partial charge in [-0.2, -0.15) is 0 Å². The lowest BCUT2D eigenvalue weighted by atomic mass is 9.83. The van der Waals surface area contributed by atoms with Gasteiger partial charge in [0, 0.05) is 0 Å². The molecule has 3 nitrogen and oxygen atoms in total. The molecule has 0 spiro atoms. The highest BCUT2D eigenvalue weighted by Crippen LogP contribution is 2.26. The van der Waals surface area contributed by atoms with Crippen LogP contribution in [-0.2, 0) is 5.41 Å². The van der Waals surface area contributed by atoms with Gasteiger partial charge in [0.1, 0.15) is 0 Å². The summed E-state index contributed by atoms with van der Waals surface area (Å²) in [5.41, 5.74) is -0.641. The van der Waals surface area contributed by atoms with E-state index in [-0.39, 0.29) is 18.6 Å². The first-order valence-electron chi connectivity index (χ1n) is 4.36. The first-order chi connectivity index (χ1) is 5.89. The largest absolute Gasteiger partial charge is 0.489 e. The molecule has 1 aromatic rings. The van der Waals surface area contributed by atoms with Crippen molar-refractivity contribution >= 4 is 0 Å². The summed E-state index contributed by atoms with van der Waals surface area (Å²) in [5, 5.41) is 0. The minimum absolute atomic E-state index is 0. The van der Waals surface area contributed by atoms with Crippen LogP contribution < -0.4 is 15.6 Å². The molecular formula is C11H18O3. The number of hydrogen-bond donors (Lipinski definition) is 0. The molecule has 1 aromatic carbocycles. The van der Waals surface area contributed by atoms with Crippen LogP contribution in [0.25, 0.3) is 0 Å². The lowest BCUT2D eigenvalue weighted by Gasteiger charge is -2.22. The van der Waals surface area contributed by atoms with Crippen LogP contribution in [0.3, 0.4) is 0 Å². The van der Waals surface area contributed by atoms with Crippen molar-refractivity contribution in [2.45, 2.75) is 40.5 Å². The van der Waals surface area contributed by atoms with Crippen molar-refractivity contribution in [1.82, 2.24) is 0 Å². The fourth-order valence-electron chi connectivity index (χ4n) is 1.33. The lowest BCUT2D eigenvalue weighted by molar-refractivity contribution is 0.319. The summed E-state index contributed by atoms with van der Waals surface area (Å²) in [6.45, 7) is 7.90. The van der Waals surface area contributed by atoms with E-state index in [1.165, 1.54) is 0 Å². The van der Waals surface area contributed by atoms with Gasteiger partial charge in [0.15, 0.2) is 5.75 Å². The van der Waals surface area contributed by atoms with Crippen LogP contribution in [0.5, 0.6) is 5.75 Å². The molecule has 0 amide bonds. The van der Waals surface area contributed by atoms with Crippen LogP contribution in [-0.4, -0.2) is 6.61 Å². The molecule has 0 aliphatic rings. The molecule has 0 heterocycles. The SMILES string of the molecule is C.CCOc1c(C(C)(C)C)c(=O)c1=O. The summed E-state index contributed by atoms with van der Waals surface area (Å²) < 4.78 is 5.11. The fourth-order valence-corrected chi connectivity index (χ4v) is 1.33. The number of ether oxygens (including phenoxy) is 1. The Morgan fingerprint density at radius 1 is 1.14 bits per heavy atom. The van der Waals surface area contributed by atoms with E-state index < -0.39 is 10.9 Å². The van der Waals surface area contributed by atoms with Gasteiger partial charge < -0.3 is 4.74 Å². The van der Waals surface area contributed by atoms with Crippen molar-refractivity contribution in [3.05, 3.63) is 26.0 Å². The van der Waals surface area contributed by atoms with Gasteiger partial charge in [0.2, 0.25) is 5.43 Å².